The van der Waals surface area contributed by atoms with Crippen LogP contribution in [-0.2, 0) is 4.79 Å². The molecule has 1 fully saturated rings. The van der Waals surface area contributed by atoms with Gasteiger partial charge >= 0.3 is 6.09 Å². The number of aliphatic hydroxyl groups is 1. The number of rotatable bonds is 8. The average Bonchev–Trinajstić information content (AvgIpc) is 2.96. The zero-order valence-corrected chi connectivity index (χ0v) is 26.8. The van der Waals surface area contributed by atoms with Gasteiger partial charge in [0, 0.05) is 46.2 Å². The molecule has 11 nitrogen and oxygen atoms in total. The van der Waals surface area contributed by atoms with E-state index in [0.29, 0.717) is 62.0 Å². The van der Waals surface area contributed by atoms with E-state index in [9.17, 15) is 24.6 Å². The molecule has 0 aromatic heterocycles. The highest BCUT2D eigenvalue weighted by Crippen LogP contribution is 2.42. The summed E-state index contributed by atoms with van der Waals surface area (Å²) in [5.41, 5.74) is 0.721. The van der Waals surface area contributed by atoms with Crippen molar-refractivity contribution >= 4 is 39.8 Å². The highest BCUT2D eigenvalue weighted by Gasteiger charge is 2.45. The maximum atomic E-state index is 13.8. The van der Waals surface area contributed by atoms with Crippen LogP contribution in [0.2, 0.25) is 0 Å². The molecule has 5 rings (SSSR count). The van der Waals surface area contributed by atoms with E-state index >= 15 is 0 Å². The topological polar surface area (TPSA) is 150 Å². The molecule has 236 valence electrons. The van der Waals surface area contributed by atoms with Crippen LogP contribution in [0.3, 0.4) is 0 Å². The lowest BCUT2D eigenvalue weighted by Crippen LogP contribution is -2.63. The molecule has 0 bridgehead atoms. The van der Waals surface area contributed by atoms with E-state index in [2.05, 4.69) is 31.6 Å². The number of halogens is 1. The molecule has 4 N–H and O–H groups in total. The monoisotopic (exact) mass is 670 g/mol. The number of amides is 3. The Balaban J connectivity index is 1.44. The lowest BCUT2D eigenvalue weighted by atomic mass is 9.83. The smallest absolute Gasteiger partial charge is 0.434 e. The predicted molar refractivity (Wildman–Crippen MR) is 167 cm³/mol. The average molecular weight is 672 g/mol. The molecule has 3 amide bonds. The quantitative estimate of drug-likeness (QED) is 0.270. The third kappa shape index (κ3) is 6.71. The second kappa shape index (κ2) is 12.8. The van der Waals surface area contributed by atoms with E-state index in [1.807, 2.05) is 39.0 Å². The van der Waals surface area contributed by atoms with Crippen LogP contribution < -0.4 is 20.1 Å². The first-order valence-corrected chi connectivity index (χ1v) is 15.8. The number of carbonyl (C=O) groups excluding carboxylic acids is 2. The minimum absolute atomic E-state index is 0.0288. The van der Waals surface area contributed by atoms with Crippen molar-refractivity contribution < 1.29 is 34.1 Å². The largest absolute Gasteiger partial charge is 0.493 e. The number of hydrogen-bond acceptors (Lipinski definition) is 6. The van der Waals surface area contributed by atoms with Gasteiger partial charge in [0.2, 0.25) is 11.9 Å². The number of carbonyl (C=O) groups is 3. The van der Waals surface area contributed by atoms with Crippen molar-refractivity contribution in [2.45, 2.75) is 88.9 Å². The van der Waals surface area contributed by atoms with E-state index < -0.39 is 23.3 Å². The first-order chi connectivity index (χ1) is 20.9. The maximum Gasteiger partial charge on any atom is 0.434 e. The number of carboxylic acid groups (broad SMARTS) is 1. The van der Waals surface area contributed by atoms with Crippen LogP contribution >= 0.6 is 15.9 Å². The summed E-state index contributed by atoms with van der Waals surface area (Å²) in [6.45, 7) is 6.26. The van der Waals surface area contributed by atoms with Crippen LogP contribution in [0.15, 0.2) is 45.9 Å². The first kappa shape index (κ1) is 31.8. The molecule has 44 heavy (non-hydrogen) atoms. The molecule has 0 saturated carbocycles. The van der Waals surface area contributed by atoms with Gasteiger partial charge < -0.3 is 30.3 Å². The van der Waals surface area contributed by atoms with E-state index in [-0.39, 0.29) is 36.8 Å². The van der Waals surface area contributed by atoms with E-state index in [1.54, 1.807) is 18.2 Å². The Morgan fingerprint density at radius 2 is 1.93 bits per heavy atom. The second-order valence-electron chi connectivity index (χ2n) is 12.3. The lowest BCUT2D eigenvalue weighted by Gasteiger charge is -2.46. The van der Waals surface area contributed by atoms with Gasteiger partial charge in [-0.3, -0.25) is 14.5 Å². The number of guanidine groups is 1. The number of aliphatic hydroxyl groups excluding tert-OH is 1. The Bertz CT molecular complexity index is 1480. The zero-order chi connectivity index (χ0) is 31.6. The van der Waals surface area contributed by atoms with Gasteiger partial charge in [-0.15, -0.1) is 4.99 Å². The molecule has 3 atom stereocenters. The molecular formula is C32H39BrN4O7. The lowest BCUT2D eigenvalue weighted by molar-refractivity contribution is -0.133. The molecule has 0 radical (unpaired) electrons. The Morgan fingerprint density at radius 1 is 1.16 bits per heavy atom. The summed E-state index contributed by atoms with van der Waals surface area (Å²) in [7, 11) is 0. The molecule has 0 spiro atoms. The Hall–Kier alpha value is -3.64. The van der Waals surface area contributed by atoms with Crippen molar-refractivity contribution in [3.05, 3.63) is 57.6 Å². The number of fused-ring (bicyclic) bond motifs is 2. The highest BCUT2D eigenvalue weighted by atomic mass is 79.9. The van der Waals surface area contributed by atoms with E-state index in [1.165, 1.54) is 4.90 Å². The molecule has 3 aliphatic heterocycles. The second-order valence-corrected chi connectivity index (χ2v) is 13.2. The minimum Gasteiger partial charge on any atom is -0.493 e. The molecule has 1 saturated heterocycles. The Morgan fingerprint density at radius 3 is 2.66 bits per heavy atom. The Labute approximate surface area is 265 Å². The molecule has 3 unspecified atom stereocenters. The van der Waals surface area contributed by atoms with Gasteiger partial charge in [-0.1, -0.05) is 22.9 Å². The summed E-state index contributed by atoms with van der Waals surface area (Å²) in [6, 6.07) is 9.99. The molecular weight excluding hydrogens is 632 g/mol. The number of aliphatic imine (C=N–C) groups is 1. The fourth-order valence-electron chi connectivity index (χ4n) is 6.43. The first-order valence-electron chi connectivity index (χ1n) is 15.0. The van der Waals surface area contributed by atoms with Crippen LogP contribution in [0.4, 0.5) is 4.79 Å². The van der Waals surface area contributed by atoms with Gasteiger partial charge in [-0.25, -0.2) is 4.79 Å². The highest BCUT2D eigenvalue weighted by molar-refractivity contribution is 9.10. The molecule has 2 aromatic rings. The molecule has 0 aliphatic carbocycles. The Kier molecular flexibility index (Phi) is 9.22. The van der Waals surface area contributed by atoms with Crippen molar-refractivity contribution in [1.82, 2.24) is 15.5 Å². The summed E-state index contributed by atoms with van der Waals surface area (Å²) in [5.74, 6) is 0.668. The SMILES string of the molecule is CCC1(CCCCO)CC(=O)N(C2CCOc3ccc(C(=O)NC4CC(C)(C)Oc5ccc(Br)cc54)cc32)C(=NC(=O)O)N1. The van der Waals surface area contributed by atoms with Crippen molar-refractivity contribution in [2.24, 2.45) is 4.99 Å². The number of ether oxygens (including phenoxy) is 2. The molecule has 12 heteroatoms. The number of benzene rings is 2. The van der Waals surface area contributed by atoms with Gasteiger partial charge in [-0.2, -0.15) is 0 Å². The number of nitrogens with one attached hydrogen (secondary N) is 2. The van der Waals surface area contributed by atoms with Crippen LogP contribution in [0.1, 0.15) is 99.3 Å². The number of unbranched alkanes of at least 4 members (excludes halogenated alkanes) is 1. The van der Waals surface area contributed by atoms with Crippen LogP contribution in [0, 0.1) is 0 Å². The van der Waals surface area contributed by atoms with Crippen molar-refractivity contribution in [1.29, 1.82) is 0 Å². The minimum atomic E-state index is -1.42. The van der Waals surface area contributed by atoms with E-state index in [0.717, 1.165) is 15.8 Å². The van der Waals surface area contributed by atoms with Crippen molar-refractivity contribution in [3.63, 3.8) is 0 Å². The van der Waals surface area contributed by atoms with Gasteiger partial charge in [0.15, 0.2) is 0 Å². The maximum absolute atomic E-state index is 13.8. The third-order valence-corrected chi connectivity index (χ3v) is 9.12. The van der Waals surface area contributed by atoms with Crippen LogP contribution in [-0.4, -0.2) is 63.3 Å². The number of nitrogens with zero attached hydrogens (tertiary/aromatic N) is 2. The number of hydrogen-bond donors (Lipinski definition) is 4. The van der Waals surface area contributed by atoms with Gasteiger partial charge in [-0.05, 0) is 75.9 Å². The standard InChI is InChI=1S/C32H39BrN4O7/c1-4-32(12-5-6-13-38)18-27(39)37(29(36-32)35-30(41)42)24-11-14-43-25-9-7-19(15-22(24)25)28(40)34-23-17-31(2,3)44-26-10-8-20(33)16-21(23)26/h7-10,15-16,23-24,38H,4-6,11-14,17-18H2,1-3H3,(H,34,40)(H,35,36)(H,41,42). The summed E-state index contributed by atoms with van der Waals surface area (Å²) >= 11 is 3.52. The molecule has 3 heterocycles. The third-order valence-electron chi connectivity index (χ3n) is 8.63. The summed E-state index contributed by atoms with van der Waals surface area (Å²) < 4.78 is 12.9. The van der Waals surface area contributed by atoms with Gasteiger partial charge in [0.25, 0.3) is 5.91 Å². The van der Waals surface area contributed by atoms with Crippen LogP contribution in [0.5, 0.6) is 11.5 Å². The normalized spacial score (nSPS) is 24.8. The summed E-state index contributed by atoms with van der Waals surface area (Å²) in [4.78, 5) is 44.5. The van der Waals surface area contributed by atoms with E-state index in [4.69, 9.17) is 9.47 Å². The fourth-order valence-corrected chi connectivity index (χ4v) is 6.80. The molecule has 3 aliphatic rings. The summed E-state index contributed by atoms with van der Waals surface area (Å²) in [5, 5.41) is 25.3. The summed E-state index contributed by atoms with van der Waals surface area (Å²) in [6.07, 6.45) is 2.11. The van der Waals surface area contributed by atoms with Crippen LogP contribution in [0.25, 0.3) is 0 Å². The molecule has 2 aromatic carbocycles. The zero-order valence-electron chi connectivity index (χ0n) is 25.2. The van der Waals surface area contributed by atoms with Gasteiger partial charge in [0.1, 0.15) is 17.1 Å². The van der Waals surface area contributed by atoms with Gasteiger partial charge in [0.05, 0.1) is 25.1 Å². The fraction of sp³-hybridized carbons (Fsp3) is 0.500. The van der Waals surface area contributed by atoms with Crippen molar-refractivity contribution in [3.8, 4) is 11.5 Å². The van der Waals surface area contributed by atoms with Crippen molar-refractivity contribution in [2.75, 3.05) is 13.2 Å². The predicted octanol–water partition coefficient (Wildman–Crippen LogP) is 5.47.